The molecule has 1 aromatic carbocycles. The van der Waals surface area contributed by atoms with Crippen molar-refractivity contribution in [3.05, 3.63) is 34.9 Å². The lowest BCUT2D eigenvalue weighted by molar-refractivity contribution is 0.0247. The van der Waals surface area contributed by atoms with E-state index >= 15 is 0 Å². The van der Waals surface area contributed by atoms with Crippen LogP contribution in [0.4, 0.5) is 0 Å². The minimum Gasteiger partial charge on any atom is -0.389 e. The van der Waals surface area contributed by atoms with Crippen LogP contribution < -0.4 is 5.32 Å². The van der Waals surface area contributed by atoms with E-state index in [1.807, 2.05) is 24.3 Å². The van der Waals surface area contributed by atoms with Gasteiger partial charge in [-0.3, -0.25) is 0 Å². The van der Waals surface area contributed by atoms with Gasteiger partial charge in [-0.05, 0) is 31.0 Å². The van der Waals surface area contributed by atoms with Crippen molar-refractivity contribution in [2.24, 2.45) is 0 Å². The highest BCUT2D eigenvalue weighted by atomic mass is 35.5. The van der Waals surface area contributed by atoms with Gasteiger partial charge in [0, 0.05) is 23.7 Å². The van der Waals surface area contributed by atoms with Gasteiger partial charge in [0.05, 0.1) is 25.9 Å². The molecule has 1 saturated heterocycles. The molecule has 20 heavy (non-hydrogen) atoms. The molecule has 1 aromatic rings. The van der Waals surface area contributed by atoms with E-state index in [4.69, 9.17) is 21.1 Å². The molecule has 1 aliphatic heterocycles. The van der Waals surface area contributed by atoms with Gasteiger partial charge in [-0.15, -0.1) is 0 Å². The zero-order valence-corrected chi connectivity index (χ0v) is 12.5. The van der Waals surface area contributed by atoms with Crippen LogP contribution in [0.2, 0.25) is 5.02 Å². The van der Waals surface area contributed by atoms with Gasteiger partial charge in [0.2, 0.25) is 0 Å². The molecule has 0 aromatic heterocycles. The first-order valence-electron chi connectivity index (χ1n) is 6.90. The van der Waals surface area contributed by atoms with Gasteiger partial charge in [-0.1, -0.05) is 23.7 Å². The topological polar surface area (TPSA) is 50.7 Å². The van der Waals surface area contributed by atoms with Gasteiger partial charge < -0.3 is 19.9 Å². The first kappa shape index (κ1) is 15.7. The van der Waals surface area contributed by atoms with Crippen molar-refractivity contribution in [2.45, 2.75) is 31.6 Å². The SMILES string of the molecule is CC1(NCC(O)COCc2ccc(Cl)cc2)CCOC1. The summed E-state index contributed by atoms with van der Waals surface area (Å²) in [5.74, 6) is 0. The van der Waals surface area contributed by atoms with Gasteiger partial charge in [-0.2, -0.15) is 0 Å². The molecule has 0 spiro atoms. The molecule has 2 N–H and O–H groups in total. The fourth-order valence-electron chi connectivity index (χ4n) is 2.12. The average Bonchev–Trinajstić information content (AvgIpc) is 2.86. The van der Waals surface area contributed by atoms with Crippen LogP contribution in [0, 0.1) is 0 Å². The number of ether oxygens (including phenoxy) is 2. The number of halogens is 1. The molecular formula is C15H22ClNO3. The number of β-amino-alcohol motifs (C(OH)–C–C–N with tert-alkyl or cyclic N) is 1. The Kier molecular flexibility index (Phi) is 5.81. The van der Waals surface area contributed by atoms with Crippen molar-refractivity contribution < 1.29 is 14.6 Å². The van der Waals surface area contributed by atoms with Crippen molar-refractivity contribution in [1.82, 2.24) is 5.32 Å². The lowest BCUT2D eigenvalue weighted by atomic mass is 10.0. The monoisotopic (exact) mass is 299 g/mol. The summed E-state index contributed by atoms with van der Waals surface area (Å²) in [5.41, 5.74) is 1.03. The summed E-state index contributed by atoms with van der Waals surface area (Å²) in [4.78, 5) is 0. The molecule has 1 aliphatic rings. The van der Waals surface area contributed by atoms with Gasteiger partial charge in [0.15, 0.2) is 0 Å². The van der Waals surface area contributed by atoms with Crippen molar-refractivity contribution >= 4 is 11.6 Å². The van der Waals surface area contributed by atoms with E-state index in [9.17, 15) is 5.11 Å². The Morgan fingerprint density at radius 2 is 2.20 bits per heavy atom. The Morgan fingerprint density at radius 1 is 1.45 bits per heavy atom. The zero-order valence-electron chi connectivity index (χ0n) is 11.8. The van der Waals surface area contributed by atoms with E-state index in [1.54, 1.807) is 0 Å². The highest BCUT2D eigenvalue weighted by molar-refractivity contribution is 6.30. The molecule has 1 fully saturated rings. The van der Waals surface area contributed by atoms with Crippen LogP contribution in [-0.2, 0) is 16.1 Å². The molecular weight excluding hydrogens is 278 g/mol. The van der Waals surface area contributed by atoms with Crippen molar-refractivity contribution in [3.8, 4) is 0 Å². The molecule has 5 heteroatoms. The van der Waals surface area contributed by atoms with Crippen LogP contribution in [0.1, 0.15) is 18.9 Å². The number of rotatable bonds is 7. The highest BCUT2D eigenvalue weighted by Gasteiger charge is 2.29. The number of hydrogen-bond acceptors (Lipinski definition) is 4. The third-order valence-electron chi connectivity index (χ3n) is 3.48. The van der Waals surface area contributed by atoms with Gasteiger partial charge in [0.25, 0.3) is 0 Å². The fourth-order valence-corrected chi connectivity index (χ4v) is 2.25. The van der Waals surface area contributed by atoms with E-state index in [0.717, 1.165) is 18.6 Å². The van der Waals surface area contributed by atoms with Crippen LogP contribution >= 0.6 is 11.6 Å². The second kappa shape index (κ2) is 7.38. The summed E-state index contributed by atoms with van der Waals surface area (Å²) in [7, 11) is 0. The largest absolute Gasteiger partial charge is 0.389 e. The number of aliphatic hydroxyl groups is 1. The maximum atomic E-state index is 9.90. The molecule has 1 heterocycles. The third-order valence-corrected chi connectivity index (χ3v) is 3.73. The van der Waals surface area contributed by atoms with Gasteiger partial charge in [0.1, 0.15) is 0 Å². The van der Waals surface area contributed by atoms with Crippen molar-refractivity contribution in [2.75, 3.05) is 26.4 Å². The molecule has 0 amide bonds. The summed E-state index contributed by atoms with van der Waals surface area (Å²) in [6.07, 6.45) is 0.463. The van der Waals surface area contributed by atoms with Gasteiger partial charge >= 0.3 is 0 Å². The molecule has 0 saturated carbocycles. The first-order chi connectivity index (χ1) is 9.57. The number of benzene rings is 1. The molecule has 2 rings (SSSR count). The van der Waals surface area contributed by atoms with Gasteiger partial charge in [-0.25, -0.2) is 0 Å². The van der Waals surface area contributed by atoms with E-state index in [1.165, 1.54) is 0 Å². The number of nitrogens with one attached hydrogen (secondary N) is 1. The second-order valence-corrected chi connectivity index (χ2v) is 5.98. The molecule has 0 bridgehead atoms. The average molecular weight is 300 g/mol. The number of hydrogen-bond donors (Lipinski definition) is 2. The molecule has 0 radical (unpaired) electrons. The van der Waals surface area contributed by atoms with Crippen LogP contribution in [0.15, 0.2) is 24.3 Å². The second-order valence-electron chi connectivity index (χ2n) is 5.54. The maximum Gasteiger partial charge on any atom is 0.0898 e. The van der Waals surface area contributed by atoms with Crippen LogP contribution in [0.3, 0.4) is 0 Å². The first-order valence-corrected chi connectivity index (χ1v) is 7.28. The van der Waals surface area contributed by atoms with Crippen molar-refractivity contribution in [1.29, 1.82) is 0 Å². The normalized spacial score (nSPS) is 23.9. The third kappa shape index (κ3) is 5.04. The molecule has 2 atom stereocenters. The Morgan fingerprint density at radius 3 is 2.85 bits per heavy atom. The molecule has 0 aliphatic carbocycles. The zero-order chi connectivity index (χ0) is 14.4. The Hall–Kier alpha value is -0.650. The standard InChI is InChI=1S/C15H22ClNO3/c1-15(6-7-19-11-15)17-8-14(18)10-20-9-12-2-4-13(16)5-3-12/h2-5,14,17-18H,6-11H2,1H3. The summed E-state index contributed by atoms with van der Waals surface area (Å²) in [6.45, 7) is 4.90. The fraction of sp³-hybridized carbons (Fsp3) is 0.600. The van der Waals surface area contributed by atoms with E-state index in [0.29, 0.717) is 31.4 Å². The summed E-state index contributed by atoms with van der Waals surface area (Å²) < 4.78 is 10.9. The van der Waals surface area contributed by atoms with Crippen LogP contribution in [0.5, 0.6) is 0 Å². The lowest BCUT2D eigenvalue weighted by Gasteiger charge is -2.25. The summed E-state index contributed by atoms with van der Waals surface area (Å²) >= 11 is 5.81. The van der Waals surface area contributed by atoms with Crippen molar-refractivity contribution in [3.63, 3.8) is 0 Å². The maximum absolute atomic E-state index is 9.90. The Bertz CT molecular complexity index is 404. The van der Waals surface area contributed by atoms with E-state index in [-0.39, 0.29) is 5.54 Å². The molecule has 112 valence electrons. The molecule has 2 unspecified atom stereocenters. The minimum absolute atomic E-state index is 0.0167. The Balaban J connectivity index is 1.62. The lowest BCUT2D eigenvalue weighted by Crippen LogP contribution is -2.47. The smallest absolute Gasteiger partial charge is 0.0898 e. The Labute approximate surface area is 125 Å². The van der Waals surface area contributed by atoms with Crippen LogP contribution in [-0.4, -0.2) is 43.1 Å². The van der Waals surface area contributed by atoms with E-state index in [2.05, 4.69) is 12.2 Å². The summed E-state index contributed by atoms with van der Waals surface area (Å²) in [6, 6.07) is 7.51. The van der Waals surface area contributed by atoms with E-state index < -0.39 is 6.10 Å². The number of aliphatic hydroxyl groups excluding tert-OH is 1. The predicted molar refractivity (Wildman–Crippen MR) is 79.0 cm³/mol. The molecule has 4 nitrogen and oxygen atoms in total. The highest BCUT2D eigenvalue weighted by Crippen LogP contribution is 2.17. The van der Waals surface area contributed by atoms with Crippen LogP contribution in [0.25, 0.3) is 0 Å². The summed E-state index contributed by atoms with van der Waals surface area (Å²) in [5, 5.41) is 14.0. The predicted octanol–water partition coefficient (Wildman–Crippen LogP) is 1.99. The minimum atomic E-state index is -0.514. The quantitative estimate of drug-likeness (QED) is 0.808.